The lowest BCUT2D eigenvalue weighted by Gasteiger charge is -2.33. The highest BCUT2D eigenvalue weighted by atomic mass is 35.5. The van der Waals surface area contributed by atoms with Gasteiger partial charge in [0.05, 0.1) is 12.6 Å². The van der Waals surface area contributed by atoms with Crippen LogP contribution in [0.1, 0.15) is 40.1 Å². The highest BCUT2D eigenvalue weighted by Crippen LogP contribution is 2.46. The number of aromatic nitrogens is 2. The number of carbonyl (C=O) groups is 1. The molecule has 1 aliphatic heterocycles. The summed E-state index contributed by atoms with van der Waals surface area (Å²) in [7, 11) is 1.47. The second-order valence-electron chi connectivity index (χ2n) is 6.61. The van der Waals surface area contributed by atoms with Crippen molar-refractivity contribution in [2.75, 3.05) is 25.6 Å². The Bertz CT molecular complexity index is 852. The lowest BCUT2D eigenvalue weighted by atomic mass is 9.96. The number of ether oxygens (including phenoxy) is 1. The summed E-state index contributed by atoms with van der Waals surface area (Å²) < 4.78 is 46.7. The van der Waals surface area contributed by atoms with Crippen molar-refractivity contribution in [1.82, 2.24) is 15.1 Å². The van der Waals surface area contributed by atoms with Crippen LogP contribution in [0.5, 0.6) is 0 Å². The Kier molecular flexibility index (Phi) is 5.85. The van der Waals surface area contributed by atoms with Crippen LogP contribution in [-0.2, 0) is 4.74 Å². The van der Waals surface area contributed by atoms with Gasteiger partial charge in [0.2, 0.25) is 0 Å². The zero-order chi connectivity index (χ0) is 20.5. The zero-order valence-electron chi connectivity index (χ0n) is 15.3. The first-order valence-corrected chi connectivity index (χ1v) is 9.05. The minimum Gasteiger partial charge on any atom is -0.383 e. The molecule has 0 saturated heterocycles. The average Bonchev–Trinajstić information content (AvgIpc) is 2.98. The number of hydrogen-bond donors (Lipinski definition) is 2. The summed E-state index contributed by atoms with van der Waals surface area (Å²) in [5, 5.41) is 9.26. The molecule has 3 rings (SSSR count). The minimum atomic E-state index is -4.54. The Balaban J connectivity index is 1.96. The maximum Gasteiger partial charge on any atom is 0.410 e. The van der Waals surface area contributed by atoms with Crippen LogP contribution < -0.4 is 10.6 Å². The van der Waals surface area contributed by atoms with E-state index in [9.17, 15) is 18.0 Å². The number of alkyl halides is 3. The van der Waals surface area contributed by atoms with Crippen LogP contribution in [0.15, 0.2) is 24.3 Å². The fourth-order valence-electron chi connectivity index (χ4n) is 3.10. The Hall–Kier alpha value is -2.26. The van der Waals surface area contributed by atoms with Gasteiger partial charge in [0, 0.05) is 20.1 Å². The van der Waals surface area contributed by atoms with Gasteiger partial charge in [-0.3, -0.25) is 4.79 Å². The zero-order valence-corrected chi connectivity index (χ0v) is 16.1. The molecule has 1 aromatic carbocycles. The largest absolute Gasteiger partial charge is 0.410 e. The maximum absolute atomic E-state index is 13.7. The average molecular weight is 417 g/mol. The molecule has 1 amide bonds. The van der Waals surface area contributed by atoms with Crippen molar-refractivity contribution in [1.29, 1.82) is 0 Å². The molecule has 1 aliphatic rings. The number of hydrogen-bond acceptors (Lipinski definition) is 4. The van der Waals surface area contributed by atoms with Crippen molar-refractivity contribution >= 4 is 23.3 Å². The number of fused-ring (bicyclic) bond motifs is 1. The third-order valence-corrected chi connectivity index (χ3v) is 4.94. The molecule has 2 heterocycles. The molecular formula is C18H20ClF3N4O2. The molecule has 0 fully saturated rings. The van der Waals surface area contributed by atoms with Gasteiger partial charge in [0.1, 0.15) is 10.8 Å². The number of anilines is 1. The number of aryl methyl sites for hydroxylation is 1. The summed E-state index contributed by atoms with van der Waals surface area (Å²) in [6, 6.07) is 4.72. The van der Waals surface area contributed by atoms with Gasteiger partial charge in [-0.25, -0.2) is 4.68 Å². The molecule has 152 valence electrons. The molecule has 0 aliphatic carbocycles. The van der Waals surface area contributed by atoms with Crippen LogP contribution >= 0.6 is 11.6 Å². The molecule has 10 heteroatoms. The fraction of sp³-hybridized carbons (Fsp3) is 0.444. The van der Waals surface area contributed by atoms with E-state index in [1.165, 1.54) is 7.11 Å². The van der Waals surface area contributed by atoms with Crippen molar-refractivity contribution < 1.29 is 22.7 Å². The molecular weight excluding hydrogens is 397 g/mol. The third-order valence-electron chi connectivity index (χ3n) is 4.58. The SMILES string of the molecule is COCCNC(=O)c1nn2c(c1Cl)NC(c1ccc(C)cc1)CC2C(F)(F)F. The molecule has 2 unspecified atom stereocenters. The summed E-state index contributed by atoms with van der Waals surface area (Å²) >= 11 is 6.24. The molecule has 2 N–H and O–H groups in total. The van der Waals surface area contributed by atoms with Gasteiger partial charge in [-0.05, 0) is 12.5 Å². The van der Waals surface area contributed by atoms with Gasteiger partial charge in [0.15, 0.2) is 11.7 Å². The highest BCUT2D eigenvalue weighted by molar-refractivity contribution is 6.36. The van der Waals surface area contributed by atoms with E-state index in [4.69, 9.17) is 16.3 Å². The van der Waals surface area contributed by atoms with Crippen molar-refractivity contribution in [2.45, 2.75) is 31.6 Å². The van der Waals surface area contributed by atoms with Gasteiger partial charge in [-0.15, -0.1) is 0 Å². The monoisotopic (exact) mass is 416 g/mol. The number of nitrogens with one attached hydrogen (secondary N) is 2. The smallest absolute Gasteiger partial charge is 0.383 e. The molecule has 0 bridgehead atoms. The van der Waals surface area contributed by atoms with Gasteiger partial charge >= 0.3 is 6.18 Å². The molecule has 1 aromatic heterocycles. The van der Waals surface area contributed by atoms with E-state index in [1.54, 1.807) is 12.1 Å². The first-order valence-electron chi connectivity index (χ1n) is 8.67. The Morgan fingerprint density at radius 3 is 2.68 bits per heavy atom. The highest BCUT2D eigenvalue weighted by Gasteiger charge is 2.47. The number of nitrogens with zero attached hydrogens (tertiary/aromatic N) is 2. The van der Waals surface area contributed by atoms with Crippen molar-refractivity contribution in [3.63, 3.8) is 0 Å². The Morgan fingerprint density at radius 2 is 2.07 bits per heavy atom. The number of methoxy groups -OCH3 is 1. The van der Waals surface area contributed by atoms with E-state index in [0.717, 1.165) is 10.2 Å². The number of carbonyl (C=O) groups excluding carboxylic acids is 1. The number of benzene rings is 1. The minimum absolute atomic E-state index is 0.0160. The number of halogens is 4. The summed E-state index contributed by atoms with van der Waals surface area (Å²) in [6.07, 6.45) is -4.80. The first kappa shape index (κ1) is 20.5. The molecule has 2 atom stereocenters. The second-order valence-corrected chi connectivity index (χ2v) is 6.98. The standard InChI is InChI=1S/C18H20ClF3N4O2/c1-10-3-5-11(6-4-10)12-9-13(18(20,21)22)26-16(24-12)14(19)15(25-26)17(27)23-7-8-28-2/h3-6,12-13,24H,7-9H2,1-2H3,(H,23,27). The van der Waals surface area contributed by atoms with E-state index in [-0.39, 0.29) is 36.1 Å². The van der Waals surface area contributed by atoms with Crippen molar-refractivity contribution in [2.24, 2.45) is 0 Å². The Morgan fingerprint density at radius 1 is 1.39 bits per heavy atom. The molecule has 2 aromatic rings. The number of rotatable bonds is 5. The van der Waals surface area contributed by atoms with Gasteiger partial charge in [-0.2, -0.15) is 18.3 Å². The molecule has 0 saturated carbocycles. The topological polar surface area (TPSA) is 68.2 Å². The maximum atomic E-state index is 13.7. The van der Waals surface area contributed by atoms with E-state index in [1.807, 2.05) is 19.1 Å². The second kappa shape index (κ2) is 8.00. The van der Waals surface area contributed by atoms with Crippen LogP contribution in [0.4, 0.5) is 19.0 Å². The predicted molar refractivity (Wildman–Crippen MR) is 98.7 cm³/mol. The van der Waals surface area contributed by atoms with Crippen LogP contribution in [0, 0.1) is 6.92 Å². The quantitative estimate of drug-likeness (QED) is 0.726. The third kappa shape index (κ3) is 4.10. The van der Waals surface area contributed by atoms with Gasteiger partial charge in [0.25, 0.3) is 5.91 Å². The van der Waals surface area contributed by atoms with Gasteiger partial charge in [-0.1, -0.05) is 41.4 Å². The first-order chi connectivity index (χ1) is 13.2. The molecule has 0 spiro atoms. The van der Waals surface area contributed by atoms with Gasteiger partial charge < -0.3 is 15.4 Å². The summed E-state index contributed by atoms with van der Waals surface area (Å²) in [5.74, 6) is -0.670. The van der Waals surface area contributed by atoms with E-state index in [0.29, 0.717) is 5.56 Å². The van der Waals surface area contributed by atoms with Crippen LogP contribution in [0.25, 0.3) is 0 Å². The fourth-order valence-corrected chi connectivity index (χ4v) is 3.37. The van der Waals surface area contributed by atoms with Crippen LogP contribution in [-0.4, -0.2) is 42.1 Å². The number of amides is 1. The Labute approximate surface area is 165 Å². The summed E-state index contributed by atoms with van der Waals surface area (Å²) in [5.41, 5.74) is 1.46. The summed E-state index contributed by atoms with van der Waals surface area (Å²) in [4.78, 5) is 12.3. The molecule has 28 heavy (non-hydrogen) atoms. The lowest BCUT2D eigenvalue weighted by Crippen LogP contribution is -2.36. The predicted octanol–water partition coefficient (Wildman–Crippen LogP) is 3.88. The summed E-state index contributed by atoms with van der Waals surface area (Å²) in [6.45, 7) is 2.35. The van der Waals surface area contributed by atoms with E-state index in [2.05, 4.69) is 15.7 Å². The van der Waals surface area contributed by atoms with Crippen LogP contribution in [0.2, 0.25) is 5.02 Å². The van der Waals surface area contributed by atoms with E-state index < -0.39 is 24.2 Å². The van der Waals surface area contributed by atoms with E-state index >= 15 is 0 Å². The van der Waals surface area contributed by atoms with Crippen molar-refractivity contribution in [3.8, 4) is 0 Å². The van der Waals surface area contributed by atoms with Crippen molar-refractivity contribution in [3.05, 3.63) is 46.1 Å². The molecule has 0 radical (unpaired) electrons. The normalized spacial score (nSPS) is 19.1. The molecule has 6 nitrogen and oxygen atoms in total. The van der Waals surface area contributed by atoms with Crippen LogP contribution in [0.3, 0.4) is 0 Å². The lowest BCUT2D eigenvalue weighted by molar-refractivity contribution is -0.173.